The van der Waals surface area contributed by atoms with E-state index in [1.807, 2.05) is 4.68 Å². The van der Waals surface area contributed by atoms with Gasteiger partial charge in [-0.2, -0.15) is 5.10 Å². The van der Waals surface area contributed by atoms with Crippen molar-refractivity contribution in [3.05, 3.63) is 18.0 Å². The predicted molar refractivity (Wildman–Crippen MR) is 61.1 cm³/mol. The molecule has 88 valence electrons. The molecule has 1 aliphatic heterocycles. The normalized spacial score (nSPS) is 17.7. The summed E-state index contributed by atoms with van der Waals surface area (Å²) in [6.45, 7) is 7.58. The zero-order chi connectivity index (χ0) is 11.7. The van der Waals surface area contributed by atoms with Crippen LogP contribution in [0.1, 0.15) is 30.2 Å². The highest BCUT2D eigenvalue weighted by molar-refractivity contribution is 5.92. The monoisotopic (exact) mass is 222 g/mol. The van der Waals surface area contributed by atoms with E-state index in [2.05, 4.69) is 23.8 Å². The molecular formula is C11H18N4O. The Kier molecular flexibility index (Phi) is 2.96. The number of hydrogen-bond donors (Lipinski definition) is 1. The summed E-state index contributed by atoms with van der Waals surface area (Å²) in [7, 11) is 0. The van der Waals surface area contributed by atoms with E-state index in [0.29, 0.717) is 17.5 Å². The van der Waals surface area contributed by atoms with Gasteiger partial charge in [-0.3, -0.25) is 14.4 Å². The number of aromatic nitrogens is 2. The van der Waals surface area contributed by atoms with Crippen molar-refractivity contribution >= 4 is 5.91 Å². The Balaban J connectivity index is 1.89. The molecule has 0 radical (unpaired) electrons. The number of rotatable bonds is 4. The van der Waals surface area contributed by atoms with Gasteiger partial charge in [0, 0.05) is 25.8 Å². The first-order valence-electron chi connectivity index (χ1n) is 5.62. The molecule has 2 N–H and O–H groups in total. The Morgan fingerprint density at radius 1 is 1.62 bits per heavy atom. The van der Waals surface area contributed by atoms with Crippen molar-refractivity contribution in [3.8, 4) is 0 Å². The molecule has 0 aliphatic carbocycles. The molecule has 0 atom stereocenters. The Bertz CT molecular complexity index is 379. The lowest BCUT2D eigenvalue weighted by molar-refractivity contribution is 0.0858. The summed E-state index contributed by atoms with van der Waals surface area (Å²) in [6, 6.07) is 0.395. The zero-order valence-corrected chi connectivity index (χ0v) is 9.76. The van der Waals surface area contributed by atoms with Gasteiger partial charge >= 0.3 is 0 Å². The highest BCUT2D eigenvalue weighted by Gasteiger charge is 2.29. The fourth-order valence-corrected chi connectivity index (χ4v) is 2.04. The van der Waals surface area contributed by atoms with E-state index in [1.165, 1.54) is 6.20 Å². The van der Waals surface area contributed by atoms with Crippen LogP contribution < -0.4 is 5.73 Å². The number of primary amides is 1. The molecule has 1 amide bonds. The maximum absolute atomic E-state index is 10.9. The maximum Gasteiger partial charge on any atom is 0.251 e. The number of nitrogens with two attached hydrogens (primary N) is 1. The molecule has 0 aromatic carbocycles. The van der Waals surface area contributed by atoms with Crippen molar-refractivity contribution in [1.29, 1.82) is 0 Å². The van der Waals surface area contributed by atoms with Crippen LogP contribution in [-0.4, -0.2) is 40.2 Å². The van der Waals surface area contributed by atoms with Crippen LogP contribution in [0.5, 0.6) is 0 Å². The minimum Gasteiger partial charge on any atom is -0.366 e. The maximum atomic E-state index is 10.9. The average molecular weight is 222 g/mol. The van der Waals surface area contributed by atoms with Gasteiger partial charge in [-0.25, -0.2) is 0 Å². The summed E-state index contributed by atoms with van der Waals surface area (Å²) in [5, 5.41) is 4.16. The summed E-state index contributed by atoms with van der Waals surface area (Å²) in [4.78, 5) is 13.3. The number of carbonyl (C=O) groups excluding carboxylic acids is 1. The third-order valence-corrected chi connectivity index (χ3v) is 2.82. The summed E-state index contributed by atoms with van der Waals surface area (Å²) < 4.78 is 1.84. The van der Waals surface area contributed by atoms with Crippen LogP contribution in [-0.2, 0) is 0 Å². The quantitative estimate of drug-likeness (QED) is 0.806. The van der Waals surface area contributed by atoms with E-state index in [4.69, 9.17) is 5.73 Å². The van der Waals surface area contributed by atoms with Crippen LogP contribution in [0.25, 0.3) is 0 Å². The number of hydrogen-bond acceptors (Lipinski definition) is 3. The summed E-state index contributed by atoms with van der Waals surface area (Å²) in [5.41, 5.74) is 5.67. The van der Waals surface area contributed by atoms with Crippen LogP contribution in [0.4, 0.5) is 0 Å². The van der Waals surface area contributed by atoms with E-state index in [9.17, 15) is 4.79 Å². The lowest BCUT2D eigenvalue weighted by Gasteiger charge is -2.40. The molecule has 0 bridgehead atoms. The molecule has 2 heterocycles. The fourth-order valence-electron chi connectivity index (χ4n) is 2.04. The number of nitrogens with zero attached hydrogens (tertiary/aromatic N) is 3. The highest BCUT2D eigenvalue weighted by atomic mass is 16.1. The van der Waals surface area contributed by atoms with Gasteiger partial charge in [-0.1, -0.05) is 13.8 Å². The number of amides is 1. The van der Waals surface area contributed by atoms with Gasteiger partial charge in [-0.05, 0) is 5.92 Å². The Hall–Kier alpha value is -1.36. The summed E-state index contributed by atoms with van der Waals surface area (Å²) >= 11 is 0. The van der Waals surface area contributed by atoms with Crippen molar-refractivity contribution in [2.75, 3.05) is 19.6 Å². The first-order chi connectivity index (χ1) is 7.56. The van der Waals surface area contributed by atoms with E-state index in [-0.39, 0.29) is 0 Å². The van der Waals surface area contributed by atoms with Crippen molar-refractivity contribution in [2.24, 2.45) is 11.7 Å². The standard InChI is InChI=1S/C11H18N4O/c1-8(2)4-14-6-10(7-14)15-5-9(3-13-15)11(12)16/h3,5,8,10H,4,6-7H2,1-2H3,(H2,12,16). The Morgan fingerprint density at radius 3 is 2.81 bits per heavy atom. The van der Waals surface area contributed by atoms with Crippen molar-refractivity contribution < 1.29 is 4.79 Å². The van der Waals surface area contributed by atoms with E-state index < -0.39 is 5.91 Å². The predicted octanol–water partition coefficient (Wildman–Crippen LogP) is 0.495. The Labute approximate surface area is 95.2 Å². The molecule has 5 heteroatoms. The van der Waals surface area contributed by atoms with Crippen LogP contribution in [0, 0.1) is 5.92 Å². The van der Waals surface area contributed by atoms with Crippen LogP contribution in [0.3, 0.4) is 0 Å². The third kappa shape index (κ3) is 2.24. The van der Waals surface area contributed by atoms with Gasteiger partial charge in [0.05, 0.1) is 17.8 Å². The topological polar surface area (TPSA) is 64.2 Å². The number of carbonyl (C=O) groups is 1. The lowest BCUT2D eigenvalue weighted by Crippen LogP contribution is -2.49. The van der Waals surface area contributed by atoms with E-state index in [1.54, 1.807) is 6.20 Å². The molecule has 5 nitrogen and oxygen atoms in total. The molecular weight excluding hydrogens is 204 g/mol. The van der Waals surface area contributed by atoms with Crippen molar-refractivity contribution in [3.63, 3.8) is 0 Å². The van der Waals surface area contributed by atoms with Crippen LogP contribution in [0.2, 0.25) is 0 Å². The molecule has 0 spiro atoms. The van der Waals surface area contributed by atoms with Gasteiger partial charge in [0.1, 0.15) is 0 Å². The molecule has 1 saturated heterocycles. The molecule has 1 aliphatic rings. The first-order valence-corrected chi connectivity index (χ1v) is 5.62. The third-order valence-electron chi connectivity index (χ3n) is 2.82. The SMILES string of the molecule is CC(C)CN1CC(n2cc(C(N)=O)cn2)C1. The van der Waals surface area contributed by atoms with E-state index in [0.717, 1.165) is 19.6 Å². The second kappa shape index (κ2) is 4.25. The van der Waals surface area contributed by atoms with E-state index >= 15 is 0 Å². The van der Waals surface area contributed by atoms with Crippen molar-refractivity contribution in [1.82, 2.24) is 14.7 Å². The lowest BCUT2D eigenvalue weighted by atomic mass is 10.1. The minimum atomic E-state index is -0.412. The average Bonchev–Trinajstić information content (AvgIpc) is 2.58. The smallest absolute Gasteiger partial charge is 0.251 e. The summed E-state index contributed by atoms with van der Waals surface area (Å²) in [5.74, 6) is 0.282. The zero-order valence-electron chi connectivity index (χ0n) is 9.76. The van der Waals surface area contributed by atoms with Crippen LogP contribution >= 0.6 is 0 Å². The van der Waals surface area contributed by atoms with Gasteiger partial charge in [0.15, 0.2) is 0 Å². The summed E-state index contributed by atoms with van der Waals surface area (Å²) in [6.07, 6.45) is 3.27. The van der Waals surface area contributed by atoms with Gasteiger partial charge in [0.25, 0.3) is 5.91 Å². The largest absolute Gasteiger partial charge is 0.366 e. The molecule has 0 unspecified atom stereocenters. The molecule has 1 aromatic heterocycles. The highest BCUT2D eigenvalue weighted by Crippen LogP contribution is 2.21. The molecule has 16 heavy (non-hydrogen) atoms. The van der Waals surface area contributed by atoms with Gasteiger partial charge in [-0.15, -0.1) is 0 Å². The van der Waals surface area contributed by atoms with Crippen molar-refractivity contribution in [2.45, 2.75) is 19.9 Å². The Morgan fingerprint density at radius 2 is 2.31 bits per heavy atom. The fraction of sp³-hybridized carbons (Fsp3) is 0.636. The minimum absolute atomic E-state index is 0.395. The second-order valence-corrected chi connectivity index (χ2v) is 4.84. The van der Waals surface area contributed by atoms with Gasteiger partial charge < -0.3 is 5.73 Å². The second-order valence-electron chi connectivity index (χ2n) is 4.84. The molecule has 2 rings (SSSR count). The van der Waals surface area contributed by atoms with Crippen LogP contribution in [0.15, 0.2) is 12.4 Å². The first kappa shape index (κ1) is 11.1. The molecule has 1 aromatic rings. The number of likely N-dealkylation sites (tertiary alicyclic amines) is 1. The molecule has 0 saturated carbocycles. The van der Waals surface area contributed by atoms with Gasteiger partial charge in [0.2, 0.25) is 0 Å². The molecule has 1 fully saturated rings.